The lowest BCUT2D eigenvalue weighted by molar-refractivity contribution is -0.154. The van der Waals surface area contributed by atoms with Crippen molar-refractivity contribution in [3.8, 4) is 0 Å². The Hall–Kier alpha value is -0.810. The molecule has 1 unspecified atom stereocenters. The molecule has 1 aromatic carbocycles. The minimum atomic E-state index is -1.20. The highest BCUT2D eigenvalue weighted by Crippen LogP contribution is 2.36. The molecule has 19 heavy (non-hydrogen) atoms. The van der Waals surface area contributed by atoms with Crippen LogP contribution < -0.4 is 0 Å². The van der Waals surface area contributed by atoms with Gasteiger partial charge in [-0.05, 0) is 25.1 Å². The van der Waals surface area contributed by atoms with E-state index < -0.39 is 11.5 Å². The predicted octanol–water partition coefficient (Wildman–Crippen LogP) is 2.63. The van der Waals surface area contributed by atoms with E-state index in [4.69, 9.17) is 27.9 Å². The molecule has 0 radical (unpaired) electrons. The van der Waals surface area contributed by atoms with Crippen molar-refractivity contribution >= 4 is 29.2 Å². The van der Waals surface area contributed by atoms with Crippen LogP contribution in [0, 0.1) is 0 Å². The monoisotopic (exact) mass is 303 g/mol. The van der Waals surface area contributed by atoms with Gasteiger partial charge in [0.2, 0.25) is 0 Å². The molecule has 1 saturated heterocycles. The SMILES string of the molecule is CC(C(=O)O)(c1cc(Cl)ccc1Cl)N1CCOCC1. The number of aliphatic carboxylic acids is 1. The van der Waals surface area contributed by atoms with Crippen molar-refractivity contribution in [3.05, 3.63) is 33.8 Å². The highest BCUT2D eigenvalue weighted by Gasteiger charge is 2.43. The summed E-state index contributed by atoms with van der Waals surface area (Å²) in [5.74, 6) is -0.946. The Morgan fingerprint density at radius 1 is 1.37 bits per heavy atom. The van der Waals surface area contributed by atoms with Gasteiger partial charge in [0.15, 0.2) is 0 Å². The number of hydrogen-bond donors (Lipinski definition) is 1. The second kappa shape index (κ2) is 5.67. The summed E-state index contributed by atoms with van der Waals surface area (Å²) in [6.07, 6.45) is 0. The van der Waals surface area contributed by atoms with Gasteiger partial charge in [-0.15, -0.1) is 0 Å². The number of carbonyl (C=O) groups is 1. The summed E-state index contributed by atoms with van der Waals surface area (Å²) in [6.45, 7) is 3.78. The third-order valence-electron chi connectivity index (χ3n) is 3.51. The van der Waals surface area contributed by atoms with Crippen LogP contribution in [-0.2, 0) is 15.1 Å². The van der Waals surface area contributed by atoms with Crippen LogP contribution in [0.3, 0.4) is 0 Å². The van der Waals surface area contributed by atoms with Crippen LogP contribution in [0.2, 0.25) is 10.0 Å². The van der Waals surface area contributed by atoms with E-state index in [-0.39, 0.29) is 0 Å². The van der Waals surface area contributed by atoms with Crippen LogP contribution in [0.25, 0.3) is 0 Å². The molecule has 0 aromatic heterocycles. The van der Waals surface area contributed by atoms with E-state index in [0.29, 0.717) is 41.9 Å². The van der Waals surface area contributed by atoms with Gasteiger partial charge in [-0.2, -0.15) is 0 Å². The van der Waals surface area contributed by atoms with E-state index in [9.17, 15) is 9.90 Å². The molecule has 1 aliphatic heterocycles. The molecule has 1 fully saturated rings. The number of rotatable bonds is 3. The van der Waals surface area contributed by atoms with E-state index in [2.05, 4.69) is 0 Å². The lowest BCUT2D eigenvalue weighted by Crippen LogP contribution is -2.54. The normalized spacial score (nSPS) is 19.9. The van der Waals surface area contributed by atoms with E-state index in [1.54, 1.807) is 25.1 Å². The highest BCUT2D eigenvalue weighted by atomic mass is 35.5. The standard InChI is InChI=1S/C13H15Cl2NO3/c1-13(12(17)18,16-4-6-19-7-5-16)10-8-9(14)2-3-11(10)15/h2-3,8H,4-7H2,1H3,(H,17,18). The minimum Gasteiger partial charge on any atom is -0.480 e. The third-order valence-corrected chi connectivity index (χ3v) is 4.08. The van der Waals surface area contributed by atoms with Gasteiger partial charge in [-0.1, -0.05) is 23.2 Å². The molecule has 6 heteroatoms. The molecule has 1 N–H and O–H groups in total. The summed E-state index contributed by atoms with van der Waals surface area (Å²) in [7, 11) is 0. The van der Waals surface area contributed by atoms with E-state index in [1.165, 1.54) is 0 Å². The molecule has 2 rings (SSSR count). The summed E-state index contributed by atoms with van der Waals surface area (Å²) < 4.78 is 5.27. The van der Waals surface area contributed by atoms with Crippen LogP contribution in [0.15, 0.2) is 18.2 Å². The first-order valence-corrected chi connectivity index (χ1v) is 6.73. The molecule has 1 aliphatic rings. The van der Waals surface area contributed by atoms with Crippen LogP contribution in [0.5, 0.6) is 0 Å². The van der Waals surface area contributed by atoms with Gasteiger partial charge in [-0.3, -0.25) is 4.90 Å². The number of nitrogens with zero attached hydrogens (tertiary/aromatic N) is 1. The van der Waals surface area contributed by atoms with Crippen molar-refractivity contribution in [1.29, 1.82) is 0 Å². The van der Waals surface area contributed by atoms with Crippen molar-refractivity contribution in [3.63, 3.8) is 0 Å². The van der Waals surface area contributed by atoms with Gasteiger partial charge >= 0.3 is 5.97 Å². The minimum absolute atomic E-state index is 0.404. The average molecular weight is 304 g/mol. The Morgan fingerprint density at radius 3 is 2.58 bits per heavy atom. The molecule has 1 heterocycles. The summed E-state index contributed by atoms with van der Waals surface area (Å²) in [5.41, 5.74) is -0.692. The molecule has 1 aromatic rings. The molecular weight excluding hydrogens is 289 g/mol. The number of morpholine rings is 1. The summed E-state index contributed by atoms with van der Waals surface area (Å²) in [4.78, 5) is 13.7. The largest absolute Gasteiger partial charge is 0.480 e. The van der Waals surface area contributed by atoms with Gasteiger partial charge < -0.3 is 9.84 Å². The van der Waals surface area contributed by atoms with Crippen LogP contribution >= 0.6 is 23.2 Å². The Bertz CT molecular complexity index is 489. The topological polar surface area (TPSA) is 49.8 Å². The van der Waals surface area contributed by atoms with Crippen molar-refractivity contribution in [2.45, 2.75) is 12.5 Å². The summed E-state index contributed by atoms with van der Waals surface area (Å²) >= 11 is 12.1. The molecule has 1 atom stereocenters. The number of ether oxygens (including phenoxy) is 1. The molecular formula is C13H15Cl2NO3. The molecule has 0 bridgehead atoms. The van der Waals surface area contributed by atoms with Crippen LogP contribution in [0.1, 0.15) is 12.5 Å². The maximum absolute atomic E-state index is 11.8. The second-order valence-electron chi connectivity index (χ2n) is 4.60. The van der Waals surface area contributed by atoms with Gasteiger partial charge in [0.25, 0.3) is 0 Å². The third kappa shape index (κ3) is 2.72. The second-order valence-corrected chi connectivity index (χ2v) is 5.44. The van der Waals surface area contributed by atoms with E-state index >= 15 is 0 Å². The number of carboxylic acid groups (broad SMARTS) is 1. The Kier molecular flexibility index (Phi) is 4.36. The van der Waals surface area contributed by atoms with Crippen LogP contribution in [0.4, 0.5) is 0 Å². The van der Waals surface area contributed by atoms with Gasteiger partial charge in [-0.25, -0.2) is 4.79 Å². The number of benzene rings is 1. The fourth-order valence-corrected chi connectivity index (χ4v) is 2.78. The number of carboxylic acids is 1. The maximum Gasteiger partial charge on any atom is 0.328 e. The average Bonchev–Trinajstić information content (AvgIpc) is 2.41. The first-order valence-electron chi connectivity index (χ1n) is 5.98. The van der Waals surface area contributed by atoms with Gasteiger partial charge in [0.1, 0.15) is 5.54 Å². The Labute approximate surface area is 121 Å². The number of halogens is 2. The smallest absolute Gasteiger partial charge is 0.328 e. The van der Waals surface area contributed by atoms with E-state index in [1.807, 2.05) is 4.90 Å². The number of hydrogen-bond acceptors (Lipinski definition) is 3. The quantitative estimate of drug-likeness (QED) is 0.932. The van der Waals surface area contributed by atoms with Crippen molar-refractivity contribution in [1.82, 2.24) is 4.90 Å². The van der Waals surface area contributed by atoms with Crippen LogP contribution in [-0.4, -0.2) is 42.3 Å². The predicted molar refractivity (Wildman–Crippen MR) is 73.8 cm³/mol. The van der Waals surface area contributed by atoms with Gasteiger partial charge in [0.05, 0.1) is 13.2 Å². The van der Waals surface area contributed by atoms with Crippen molar-refractivity contribution in [2.24, 2.45) is 0 Å². The Morgan fingerprint density at radius 2 is 2.00 bits per heavy atom. The molecule has 0 spiro atoms. The first-order chi connectivity index (χ1) is 8.96. The maximum atomic E-state index is 11.8. The fourth-order valence-electron chi connectivity index (χ4n) is 2.30. The molecule has 4 nitrogen and oxygen atoms in total. The zero-order valence-electron chi connectivity index (χ0n) is 10.5. The zero-order valence-corrected chi connectivity index (χ0v) is 12.0. The van der Waals surface area contributed by atoms with Gasteiger partial charge in [0, 0.05) is 28.7 Å². The molecule has 0 saturated carbocycles. The molecule has 0 amide bonds. The summed E-state index contributed by atoms with van der Waals surface area (Å²) in [5, 5.41) is 10.5. The van der Waals surface area contributed by atoms with Crippen molar-refractivity contribution < 1.29 is 14.6 Å². The lowest BCUT2D eigenvalue weighted by Gasteiger charge is -2.40. The van der Waals surface area contributed by atoms with E-state index in [0.717, 1.165) is 0 Å². The fraction of sp³-hybridized carbons (Fsp3) is 0.462. The lowest BCUT2D eigenvalue weighted by atomic mass is 9.89. The zero-order chi connectivity index (χ0) is 14.0. The summed E-state index contributed by atoms with van der Waals surface area (Å²) in [6, 6.07) is 4.89. The highest BCUT2D eigenvalue weighted by molar-refractivity contribution is 6.33. The Balaban J connectivity index is 2.48. The first kappa shape index (κ1) is 14.6. The molecule has 104 valence electrons. The molecule has 0 aliphatic carbocycles. The van der Waals surface area contributed by atoms with Crippen molar-refractivity contribution in [2.75, 3.05) is 26.3 Å².